The predicted octanol–water partition coefficient (Wildman–Crippen LogP) is 1.85. The van der Waals surface area contributed by atoms with E-state index in [0.29, 0.717) is 25.7 Å². The van der Waals surface area contributed by atoms with Gasteiger partial charge in [-0.3, -0.25) is 4.99 Å². The third-order valence-corrected chi connectivity index (χ3v) is 6.08. The molecule has 2 heterocycles. The van der Waals surface area contributed by atoms with Gasteiger partial charge in [0.25, 0.3) is 0 Å². The summed E-state index contributed by atoms with van der Waals surface area (Å²) in [5.41, 5.74) is 7.14. The van der Waals surface area contributed by atoms with Crippen molar-refractivity contribution in [2.75, 3.05) is 26.0 Å². The summed E-state index contributed by atoms with van der Waals surface area (Å²) < 4.78 is 31.0. The number of benzene rings is 1. The minimum Gasteiger partial charge on any atom is -0.493 e. The van der Waals surface area contributed by atoms with Crippen molar-refractivity contribution in [2.24, 2.45) is 10.7 Å². The van der Waals surface area contributed by atoms with E-state index in [0.717, 1.165) is 37.0 Å². The normalized spacial score (nSPS) is 24.1. The van der Waals surface area contributed by atoms with Gasteiger partial charge in [-0.05, 0) is 18.9 Å². The molecule has 26 heavy (non-hydrogen) atoms. The van der Waals surface area contributed by atoms with Crippen molar-refractivity contribution in [3.63, 3.8) is 0 Å². The lowest BCUT2D eigenvalue weighted by Gasteiger charge is -2.32. The van der Waals surface area contributed by atoms with Crippen LogP contribution in [0, 0.1) is 0 Å². The highest BCUT2D eigenvalue weighted by Crippen LogP contribution is 2.31. The number of fused-ring (bicyclic) bond motifs is 1. The zero-order chi connectivity index (χ0) is 17.9. The molecule has 0 radical (unpaired) electrons. The predicted molar refractivity (Wildman–Crippen MR) is 114 cm³/mol. The maximum atomic E-state index is 11.9. The molecule has 1 aromatic rings. The van der Waals surface area contributed by atoms with Crippen molar-refractivity contribution >= 4 is 40.0 Å². The number of hydrogen-bond acceptors (Lipinski definition) is 4. The Hall–Kier alpha value is -1.07. The zero-order valence-electron chi connectivity index (χ0n) is 14.9. The molecule has 0 aromatic heterocycles. The number of piperidine rings is 1. The molecular weight excluding hydrogens is 467 g/mol. The summed E-state index contributed by atoms with van der Waals surface area (Å²) in [4.78, 5) is 4.41. The molecule has 0 bridgehead atoms. The van der Waals surface area contributed by atoms with Crippen molar-refractivity contribution in [3.8, 4) is 5.75 Å². The smallest absolute Gasteiger partial charge is 0.211 e. The Morgan fingerprint density at radius 2 is 2.12 bits per heavy atom. The molecule has 7 nitrogen and oxygen atoms in total. The van der Waals surface area contributed by atoms with E-state index < -0.39 is 10.0 Å². The Labute approximate surface area is 172 Å². The first-order valence-electron chi connectivity index (χ1n) is 8.70. The van der Waals surface area contributed by atoms with E-state index in [9.17, 15) is 8.42 Å². The molecule has 2 aliphatic rings. The molecule has 0 aliphatic carbocycles. The SMILES string of the molecule is CS(=O)(=O)N1CCCCC1CN=C(N)NC1CCOc2ccccc21.I. The van der Waals surface area contributed by atoms with Crippen molar-refractivity contribution in [1.29, 1.82) is 0 Å². The second-order valence-corrected chi connectivity index (χ2v) is 8.56. The van der Waals surface area contributed by atoms with E-state index in [2.05, 4.69) is 10.3 Å². The first-order valence-corrected chi connectivity index (χ1v) is 10.5. The molecule has 3 N–H and O–H groups in total. The van der Waals surface area contributed by atoms with Gasteiger partial charge in [-0.15, -0.1) is 24.0 Å². The Bertz CT molecular complexity index is 741. The number of aliphatic imine (C=N–C) groups is 1. The van der Waals surface area contributed by atoms with Crippen LogP contribution in [-0.2, 0) is 10.0 Å². The molecule has 0 saturated carbocycles. The molecule has 1 saturated heterocycles. The van der Waals surface area contributed by atoms with Gasteiger partial charge in [-0.25, -0.2) is 8.42 Å². The second kappa shape index (κ2) is 9.23. The van der Waals surface area contributed by atoms with Crippen molar-refractivity contribution in [3.05, 3.63) is 29.8 Å². The van der Waals surface area contributed by atoms with Crippen LogP contribution >= 0.6 is 24.0 Å². The Morgan fingerprint density at radius 1 is 1.35 bits per heavy atom. The molecular formula is C17H27IN4O3S. The summed E-state index contributed by atoms with van der Waals surface area (Å²) in [5, 5.41) is 3.25. The first kappa shape index (κ1) is 21.2. The monoisotopic (exact) mass is 494 g/mol. The maximum absolute atomic E-state index is 11.9. The van der Waals surface area contributed by atoms with Gasteiger partial charge in [0.2, 0.25) is 10.0 Å². The average Bonchev–Trinajstić information content (AvgIpc) is 2.60. The van der Waals surface area contributed by atoms with Crippen molar-refractivity contribution < 1.29 is 13.2 Å². The second-order valence-electron chi connectivity index (χ2n) is 6.62. The fourth-order valence-electron chi connectivity index (χ4n) is 3.51. The van der Waals surface area contributed by atoms with Crippen molar-refractivity contribution in [2.45, 2.75) is 37.8 Å². The minimum absolute atomic E-state index is 0. The molecule has 0 spiro atoms. The Morgan fingerprint density at radius 3 is 2.88 bits per heavy atom. The molecule has 2 atom stereocenters. The summed E-state index contributed by atoms with van der Waals surface area (Å²) in [6, 6.07) is 7.84. The Kier molecular flexibility index (Phi) is 7.53. The molecule has 9 heteroatoms. The fraction of sp³-hybridized carbons (Fsp3) is 0.588. The van der Waals surface area contributed by atoms with Crippen LogP contribution in [0.25, 0.3) is 0 Å². The summed E-state index contributed by atoms with van der Waals surface area (Å²) in [5.74, 6) is 1.22. The number of halogens is 1. The molecule has 146 valence electrons. The van der Waals surface area contributed by atoms with Crippen LogP contribution < -0.4 is 15.8 Å². The highest BCUT2D eigenvalue weighted by molar-refractivity contribution is 14.0. The number of nitrogens with zero attached hydrogens (tertiary/aromatic N) is 2. The molecule has 3 rings (SSSR count). The number of nitrogens with one attached hydrogen (secondary N) is 1. The van der Waals surface area contributed by atoms with Gasteiger partial charge in [-0.2, -0.15) is 4.31 Å². The maximum Gasteiger partial charge on any atom is 0.211 e. The van der Waals surface area contributed by atoms with Crippen LogP contribution in [0.15, 0.2) is 29.3 Å². The van der Waals surface area contributed by atoms with E-state index in [1.165, 1.54) is 6.26 Å². The lowest BCUT2D eigenvalue weighted by molar-refractivity contribution is 0.257. The summed E-state index contributed by atoms with van der Waals surface area (Å²) >= 11 is 0. The number of rotatable bonds is 4. The van der Waals surface area contributed by atoms with Crippen LogP contribution in [0.3, 0.4) is 0 Å². The quantitative estimate of drug-likeness (QED) is 0.379. The summed E-state index contributed by atoms with van der Waals surface area (Å²) in [7, 11) is -3.20. The van der Waals surface area contributed by atoms with E-state index in [1.807, 2.05) is 24.3 Å². The Balaban J connectivity index is 0.00000243. The van der Waals surface area contributed by atoms with Crippen LogP contribution in [0.5, 0.6) is 5.75 Å². The average molecular weight is 494 g/mol. The van der Waals surface area contributed by atoms with E-state index in [-0.39, 0.29) is 36.1 Å². The summed E-state index contributed by atoms with van der Waals surface area (Å²) in [6.45, 7) is 1.59. The number of hydrogen-bond donors (Lipinski definition) is 2. The van der Waals surface area contributed by atoms with Crippen LogP contribution in [0.1, 0.15) is 37.3 Å². The van der Waals surface area contributed by atoms with Gasteiger partial charge in [0.15, 0.2) is 5.96 Å². The summed E-state index contributed by atoms with van der Waals surface area (Å²) in [6.07, 6.45) is 4.82. The van der Waals surface area contributed by atoms with E-state index in [4.69, 9.17) is 10.5 Å². The zero-order valence-corrected chi connectivity index (χ0v) is 18.1. The number of sulfonamides is 1. The van der Waals surface area contributed by atoms with Crippen LogP contribution in [-0.4, -0.2) is 50.7 Å². The number of nitrogens with two attached hydrogens (primary N) is 1. The lowest BCUT2D eigenvalue weighted by atomic mass is 10.0. The van der Waals surface area contributed by atoms with E-state index >= 15 is 0 Å². The van der Waals surface area contributed by atoms with Gasteiger partial charge in [0, 0.05) is 24.6 Å². The number of para-hydroxylation sites is 1. The molecule has 0 amide bonds. The molecule has 2 aliphatic heterocycles. The molecule has 2 unspecified atom stereocenters. The van der Waals surface area contributed by atoms with Gasteiger partial charge >= 0.3 is 0 Å². The van der Waals surface area contributed by atoms with Gasteiger partial charge in [0.1, 0.15) is 5.75 Å². The lowest BCUT2D eigenvalue weighted by Crippen LogP contribution is -2.45. The first-order chi connectivity index (χ1) is 11.9. The fourth-order valence-corrected chi connectivity index (χ4v) is 4.69. The van der Waals surface area contributed by atoms with Crippen molar-refractivity contribution in [1.82, 2.24) is 9.62 Å². The van der Waals surface area contributed by atoms with E-state index in [1.54, 1.807) is 4.31 Å². The highest BCUT2D eigenvalue weighted by atomic mass is 127. The highest BCUT2D eigenvalue weighted by Gasteiger charge is 2.29. The van der Waals surface area contributed by atoms with Gasteiger partial charge in [0.05, 0.1) is 25.4 Å². The minimum atomic E-state index is -3.20. The van der Waals surface area contributed by atoms with Gasteiger partial charge < -0.3 is 15.8 Å². The number of guanidine groups is 1. The topological polar surface area (TPSA) is 97.0 Å². The van der Waals surface area contributed by atoms with Gasteiger partial charge in [-0.1, -0.05) is 24.6 Å². The van der Waals surface area contributed by atoms with Crippen LogP contribution in [0.2, 0.25) is 0 Å². The third-order valence-electron chi connectivity index (χ3n) is 4.75. The van der Waals surface area contributed by atoms with Crippen LogP contribution in [0.4, 0.5) is 0 Å². The standard InChI is InChI=1S/C17H26N4O3S.HI/c1-25(22,23)21-10-5-4-6-13(21)12-19-17(18)20-15-9-11-24-16-8-3-2-7-14(15)16;/h2-3,7-8,13,15H,4-6,9-12H2,1H3,(H3,18,19,20);1H. The molecule has 1 aromatic carbocycles. The third kappa shape index (κ3) is 5.23. The largest absolute Gasteiger partial charge is 0.493 e. The molecule has 1 fully saturated rings. The number of ether oxygens (including phenoxy) is 1.